The molecule has 0 fully saturated rings. The van der Waals surface area contributed by atoms with Crippen molar-refractivity contribution in [1.29, 1.82) is 0 Å². The van der Waals surface area contributed by atoms with E-state index in [2.05, 4.69) is 19.2 Å². The van der Waals surface area contributed by atoms with Crippen LogP contribution in [0.3, 0.4) is 0 Å². The normalized spacial score (nSPS) is 13.2. The molecule has 0 aromatic carbocycles. The summed E-state index contributed by atoms with van der Waals surface area (Å²) in [6.07, 6.45) is 3.29. The van der Waals surface area contributed by atoms with Crippen LogP contribution in [0.1, 0.15) is 33.1 Å². The Balaban J connectivity index is 3.13. The topological polar surface area (TPSA) is 50.7 Å². The van der Waals surface area contributed by atoms with E-state index in [0.29, 0.717) is 26.4 Å². The van der Waals surface area contributed by atoms with Gasteiger partial charge in [0.2, 0.25) is 0 Å². The molecule has 0 amide bonds. The number of hydrogen-bond acceptors (Lipinski definition) is 4. The van der Waals surface area contributed by atoms with E-state index in [4.69, 9.17) is 9.47 Å². The molecule has 4 heteroatoms. The number of methoxy groups -OCH3 is 1. The molecule has 0 aliphatic carbocycles. The van der Waals surface area contributed by atoms with Crippen molar-refractivity contribution in [2.75, 3.05) is 40.0 Å². The molecule has 1 atom stereocenters. The minimum absolute atomic E-state index is 0.377. The molecular formula is C13H29NO3. The number of aliphatic hydroxyl groups excluding tert-OH is 1. The summed E-state index contributed by atoms with van der Waals surface area (Å²) in [7, 11) is 1.64. The molecule has 0 bridgehead atoms. The van der Waals surface area contributed by atoms with Gasteiger partial charge >= 0.3 is 0 Å². The van der Waals surface area contributed by atoms with Gasteiger partial charge in [0, 0.05) is 13.7 Å². The van der Waals surface area contributed by atoms with Crippen LogP contribution in [0.4, 0.5) is 0 Å². The van der Waals surface area contributed by atoms with Crippen LogP contribution in [-0.2, 0) is 9.47 Å². The summed E-state index contributed by atoms with van der Waals surface area (Å²) in [5.41, 5.74) is 0. The minimum atomic E-state index is -0.419. The Morgan fingerprint density at radius 3 is 2.59 bits per heavy atom. The Hall–Kier alpha value is -0.160. The molecule has 1 unspecified atom stereocenters. The molecule has 0 aliphatic heterocycles. The highest BCUT2D eigenvalue weighted by molar-refractivity contribution is 4.58. The predicted molar refractivity (Wildman–Crippen MR) is 70.3 cm³/mol. The van der Waals surface area contributed by atoms with E-state index in [-0.39, 0.29) is 0 Å². The second-order valence-corrected chi connectivity index (χ2v) is 4.82. The number of unbranched alkanes of at least 4 members (excludes halogenated alkanes) is 1. The Bertz CT molecular complexity index is 154. The van der Waals surface area contributed by atoms with Gasteiger partial charge in [-0.15, -0.1) is 0 Å². The predicted octanol–water partition coefficient (Wildman–Crippen LogP) is 1.43. The van der Waals surface area contributed by atoms with E-state index < -0.39 is 6.10 Å². The zero-order chi connectivity index (χ0) is 12.9. The average molecular weight is 247 g/mol. The summed E-state index contributed by atoms with van der Waals surface area (Å²) in [5.74, 6) is 0.787. The molecule has 104 valence electrons. The highest BCUT2D eigenvalue weighted by Crippen LogP contribution is 2.04. The highest BCUT2D eigenvalue weighted by atomic mass is 16.5. The lowest BCUT2D eigenvalue weighted by Gasteiger charge is -2.12. The van der Waals surface area contributed by atoms with Crippen LogP contribution >= 0.6 is 0 Å². The van der Waals surface area contributed by atoms with Crippen LogP contribution in [0.5, 0.6) is 0 Å². The Morgan fingerprint density at radius 1 is 1.18 bits per heavy atom. The first-order chi connectivity index (χ1) is 8.16. The van der Waals surface area contributed by atoms with Gasteiger partial charge in [0.1, 0.15) is 0 Å². The van der Waals surface area contributed by atoms with Gasteiger partial charge in [-0.2, -0.15) is 0 Å². The first kappa shape index (κ1) is 16.8. The van der Waals surface area contributed by atoms with Crippen LogP contribution in [-0.4, -0.2) is 51.2 Å². The van der Waals surface area contributed by atoms with Crippen LogP contribution in [0.25, 0.3) is 0 Å². The zero-order valence-corrected chi connectivity index (χ0v) is 11.6. The summed E-state index contributed by atoms with van der Waals surface area (Å²) in [5, 5.41) is 12.8. The standard InChI is InChI=1S/C13H29NO3/c1-12(2)6-4-5-7-14-10-13(15)11-17-9-8-16-3/h12-15H,4-11H2,1-3H3. The SMILES string of the molecule is COCCOCC(O)CNCCCCC(C)C. The quantitative estimate of drug-likeness (QED) is 0.512. The van der Waals surface area contributed by atoms with Crippen LogP contribution in [0, 0.1) is 5.92 Å². The summed E-state index contributed by atoms with van der Waals surface area (Å²) in [4.78, 5) is 0. The third-order valence-corrected chi connectivity index (χ3v) is 2.51. The Labute approximate surface area is 106 Å². The Morgan fingerprint density at radius 2 is 1.94 bits per heavy atom. The van der Waals surface area contributed by atoms with E-state index in [1.54, 1.807) is 7.11 Å². The van der Waals surface area contributed by atoms with Crippen molar-refractivity contribution < 1.29 is 14.6 Å². The molecule has 0 aromatic rings. The van der Waals surface area contributed by atoms with Gasteiger partial charge in [0.15, 0.2) is 0 Å². The number of hydrogen-bond donors (Lipinski definition) is 2. The van der Waals surface area contributed by atoms with Crippen molar-refractivity contribution in [3.63, 3.8) is 0 Å². The number of nitrogens with one attached hydrogen (secondary N) is 1. The Kier molecular flexibility index (Phi) is 12.2. The van der Waals surface area contributed by atoms with Gasteiger partial charge in [-0.3, -0.25) is 0 Å². The summed E-state index contributed by atoms with van der Waals surface area (Å²) in [6.45, 7) is 7.57. The van der Waals surface area contributed by atoms with Gasteiger partial charge in [0.05, 0.1) is 25.9 Å². The van der Waals surface area contributed by atoms with Crippen molar-refractivity contribution in [1.82, 2.24) is 5.32 Å². The van der Waals surface area contributed by atoms with Crippen molar-refractivity contribution >= 4 is 0 Å². The molecule has 17 heavy (non-hydrogen) atoms. The fraction of sp³-hybridized carbons (Fsp3) is 1.00. The fourth-order valence-electron chi connectivity index (χ4n) is 1.49. The van der Waals surface area contributed by atoms with Crippen LogP contribution < -0.4 is 5.32 Å². The van der Waals surface area contributed by atoms with Crippen LogP contribution in [0.2, 0.25) is 0 Å². The average Bonchev–Trinajstić information content (AvgIpc) is 2.29. The fourth-order valence-corrected chi connectivity index (χ4v) is 1.49. The maximum Gasteiger partial charge on any atom is 0.0897 e. The number of rotatable bonds is 12. The third kappa shape index (κ3) is 13.8. The number of ether oxygens (including phenoxy) is 2. The second-order valence-electron chi connectivity index (χ2n) is 4.82. The van der Waals surface area contributed by atoms with Crippen molar-refractivity contribution in [2.24, 2.45) is 5.92 Å². The largest absolute Gasteiger partial charge is 0.389 e. The molecule has 0 aliphatic rings. The number of aliphatic hydroxyl groups is 1. The van der Waals surface area contributed by atoms with E-state index >= 15 is 0 Å². The van der Waals surface area contributed by atoms with E-state index in [1.807, 2.05) is 0 Å². The van der Waals surface area contributed by atoms with Crippen LogP contribution in [0.15, 0.2) is 0 Å². The zero-order valence-electron chi connectivity index (χ0n) is 11.6. The first-order valence-corrected chi connectivity index (χ1v) is 6.62. The molecule has 0 saturated carbocycles. The summed E-state index contributed by atoms with van der Waals surface area (Å²) in [6, 6.07) is 0. The molecule has 0 rings (SSSR count). The molecular weight excluding hydrogens is 218 g/mol. The summed E-state index contributed by atoms with van der Waals surface area (Å²) < 4.78 is 10.1. The van der Waals surface area contributed by atoms with Gasteiger partial charge < -0.3 is 19.9 Å². The van der Waals surface area contributed by atoms with Gasteiger partial charge in [-0.1, -0.05) is 26.7 Å². The minimum Gasteiger partial charge on any atom is -0.389 e. The molecule has 2 N–H and O–H groups in total. The second kappa shape index (κ2) is 12.3. The summed E-state index contributed by atoms with van der Waals surface area (Å²) >= 11 is 0. The lowest BCUT2D eigenvalue weighted by molar-refractivity contribution is 0.0138. The third-order valence-electron chi connectivity index (χ3n) is 2.51. The maximum atomic E-state index is 9.56. The van der Waals surface area contributed by atoms with Gasteiger partial charge in [0.25, 0.3) is 0 Å². The molecule has 0 spiro atoms. The molecule has 0 aromatic heterocycles. The first-order valence-electron chi connectivity index (χ1n) is 6.62. The highest BCUT2D eigenvalue weighted by Gasteiger charge is 2.03. The van der Waals surface area contributed by atoms with E-state index in [1.165, 1.54) is 19.3 Å². The monoisotopic (exact) mass is 247 g/mol. The molecule has 4 nitrogen and oxygen atoms in total. The van der Waals surface area contributed by atoms with E-state index in [0.717, 1.165) is 12.5 Å². The van der Waals surface area contributed by atoms with Crippen molar-refractivity contribution in [2.45, 2.75) is 39.2 Å². The van der Waals surface area contributed by atoms with Crippen molar-refractivity contribution in [3.8, 4) is 0 Å². The maximum absolute atomic E-state index is 9.56. The lowest BCUT2D eigenvalue weighted by Crippen LogP contribution is -2.31. The lowest BCUT2D eigenvalue weighted by atomic mass is 10.1. The van der Waals surface area contributed by atoms with E-state index in [9.17, 15) is 5.11 Å². The molecule has 0 saturated heterocycles. The van der Waals surface area contributed by atoms with Crippen molar-refractivity contribution in [3.05, 3.63) is 0 Å². The molecule has 0 heterocycles. The molecule has 0 radical (unpaired) electrons. The van der Waals surface area contributed by atoms with Gasteiger partial charge in [-0.25, -0.2) is 0 Å². The smallest absolute Gasteiger partial charge is 0.0897 e. The van der Waals surface area contributed by atoms with Gasteiger partial charge in [-0.05, 0) is 18.9 Å².